The molecule has 0 aliphatic carbocycles. The van der Waals surface area contributed by atoms with E-state index in [4.69, 9.17) is 5.73 Å². The zero-order valence-corrected chi connectivity index (χ0v) is 15.4. The molecule has 0 bridgehead atoms. The highest BCUT2D eigenvalue weighted by atomic mass is 15.3. The maximum Gasteiger partial charge on any atom is 0.209 e. The van der Waals surface area contributed by atoms with E-state index in [-0.39, 0.29) is 0 Å². The van der Waals surface area contributed by atoms with E-state index in [1.165, 1.54) is 24.8 Å². The van der Waals surface area contributed by atoms with Gasteiger partial charge in [-0.2, -0.15) is 5.10 Å². The maximum atomic E-state index is 5.75. The van der Waals surface area contributed by atoms with Gasteiger partial charge in [0.25, 0.3) is 0 Å². The number of aryl methyl sites for hydroxylation is 1. The van der Waals surface area contributed by atoms with Gasteiger partial charge < -0.3 is 10.7 Å². The molecule has 0 aliphatic heterocycles. The lowest BCUT2D eigenvalue weighted by Gasteiger charge is -1.99. The number of aromatic amines is 1. The van der Waals surface area contributed by atoms with Crippen LogP contribution in [0.3, 0.4) is 0 Å². The Balaban J connectivity index is 0.000000891. The van der Waals surface area contributed by atoms with Gasteiger partial charge in [0.15, 0.2) is 0 Å². The number of H-pyrrole nitrogens is 1. The maximum absolute atomic E-state index is 5.75. The Hall–Kier alpha value is -2.30. The van der Waals surface area contributed by atoms with Crippen LogP contribution in [0.25, 0.3) is 10.9 Å². The standard InChI is InChI=1S/C16H23N5.C3H8/c1-3-4-5-8-18-16(17)21-20-11-13-10-19-15-7-6-12(2)9-14(13)15;1-3-2/h6-7,9-11,19H,3-5,8H2,1-2H3,(H3,17,18,21);3H2,1-2H3/b20-11+;. The zero-order valence-electron chi connectivity index (χ0n) is 15.4. The monoisotopic (exact) mass is 329 g/mol. The van der Waals surface area contributed by atoms with E-state index in [1.54, 1.807) is 6.21 Å². The van der Waals surface area contributed by atoms with Crippen LogP contribution in [0.4, 0.5) is 0 Å². The number of benzene rings is 1. The number of nitrogens with zero attached hydrogens (tertiary/aromatic N) is 2. The molecule has 0 spiro atoms. The Kier molecular flexibility index (Phi) is 9.27. The lowest BCUT2D eigenvalue weighted by molar-refractivity contribution is 0.725. The van der Waals surface area contributed by atoms with Crippen molar-refractivity contribution in [2.75, 3.05) is 6.54 Å². The molecule has 2 aromatic rings. The molecule has 0 radical (unpaired) electrons. The average Bonchev–Trinajstić information content (AvgIpc) is 2.95. The zero-order chi connectivity index (χ0) is 17.8. The predicted octanol–water partition coefficient (Wildman–Crippen LogP) is 4.32. The van der Waals surface area contributed by atoms with Crippen LogP contribution in [0, 0.1) is 6.92 Å². The van der Waals surface area contributed by atoms with Gasteiger partial charge in [-0.1, -0.05) is 51.7 Å². The van der Waals surface area contributed by atoms with Crippen molar-refractivity contribution in [3.05, 3.63) is 35.5 Å². The molecule has 5 heteroatoms. The first-order valence-corrected chi connectivity index (χ1v) is 8.79. The number of nitrogens with two attached hydrogens (primary N) is 1. The molecular formula is C19H31N5. The summed E-state index contributed by atoms with van der Waals surface area (Å²) in [6.45, 7) is 9.24. The number of hydrogen-bond donors (Lipinski definition) is 3. The quantitative estimate of drug-likeness (QED) is 0.319. The highest BCUT2D eigenvalue weighted by Crippen LogP contribution is 2.17. The third-order valence-electron chi connectivity index (χ3n) is 3.30. The predicted molar refractivity (Wildman–Crippen MR) is 106 cm³/mol. The van der Waals surface area contributed by atoms with E-state index in [9.17, 15) is 0 Å². The van der Waals surface area contributed by atoms with Crippen LogP contribution in [0.2, 0.25) is 0 Å². The summed E-state index contributed by atoms with van der Waals surface area (Å²) in [6, 6.07) is 6.29. The molecule has 2 rings (SSSR count). The van der Waals surface area contributed by atoms with Crippen molar-refractivity contribution in [1.29, 1.82) is 0 Å². The second kappa shape index (κ2) is 11.3. The number of hydrogen-bond acceptors (Lipinski definition) is 2. The SMILES string of the molecule is CCC.CCCCCN=C(N)N/N=C/c1c[nH]c2ccc(C)cc12. The molecule has 132 valence electrons. The molecule has 5 nitrogen and oxygen atoms in total. The topological polar surface area (TPSA) is 78.6 Å². The first kappa shape index (κ1) is 19.7. The van der Waals surface area contributed by atoms with Crippen molar-refractivity contribution >= 4 is 23.1 Å². The number of hydrazone groups is 1. The summed E-state index contributed by atoms with van der Waals surface area (Å²) in [5.41, 5.74) is 11.9. The number of guanidine groups is 1. The normalized spacial score (nSPS) is 11.6. The van der Waals surface area contributed by atoms with Crippen LogP contribution in [0.5, 0.6) is 0 Å². The van der Waals surface area contributed by atoms with E-state index in [2.05, 4.69) is 66.4 Å². The fourth-order valence-electron chi connectivity index (χ4n) is 2.13. The molecule has 0 saturated carbocycles. The van der Waals surface area contributed by atoms with Gasteiger partial charge in [0, 0.05) is 29.2 Å². The lowest BCUT2D eigenvalue weighted by Crippen LogP contribution is -2.27. The van der Waals surface area contributed by atoms with Crippen LogP contribution in [-0.4, -0.2) is 23.7 Å². The molecule has 0 atom stereocenters. The van der Waals surface area contributed by atoms with Crippen LogP contribution < -0.4 is 11.2 Å². The number of aromatic nitrogens is 1. The van der Waals surface area contributed by atoms with Gasteiger partial charge >= 0.3 is 0 Å². The van der Waals surface area contributed by atoms with Crippen molar-refractivity contribution in [3.8, 4) is 0 Å². The Bertz CT molecular complexity index is 655. The molecule has 0 aliphatic rings. The van der Waals surface area contributed by atoms with Crippen LogP contribution in [0.15, 0.2) is 34.5 Å². The van der Waals surface area contributed by atoms with Gasteiger partial charge in [0.1, 0.15) is 0 Å². The molecular weight excluding hydrogens is 298 g/mol. The highest BCUT2D eigenvalue weighted by molar-refractivity contribution is 5.99. The van der Waals surface area contributed by atoms with Crippen LogP contribution in [-0.2, 0) is 0 Å². The van der Waals surface area contributed by atoms with E-state index in [0.29, 0.717) is 5.96 Å². The fraction of sp³-hybridized carbons (Fsp3) is 0.474. The largest absolute Gasteiger partial charge is 0.369 e. The van der Waals surface area contributed by atoms with Gasteiger partial charge in [-0.25, -0.2) is 5.43 Å². The smallest absolute Gasteiger partial charge is 0.209 e. The second-order valence-electron chi connectivity index (χ2n) is 5.84. The number of nitrogens with one attached hydrogen (secondary N) is 2. The van der Waals surface area contributed by atoms with Gasteiger partial charge in [-0.15, -0.1) is 0 Å². The molecule has 0 saturated heterocycles. The van der Waals surface area contributed by atoms with Gasteiger partial charge in [0.2, 0.25) is 5.96 Å². The lowest BCUT2D eigenvalue weighted by atomic mass is 10.1. The van der Waals surface area contributed by atoms with Crippen molar-refractivity contribution in [3.63, 3.8) is 0 Å². The third kappa shape index (κ3) is 6.86. The van der Waals surface area contributed by atoms with Crippen molar-refractivity contribution in [2.45, 2.75) is 53.4 Å². The van der Waals surface area contributed by atoms with E-state index < -0.39 is 0 Å². The van der Waals surface area contributed by atoms with E-state index in [1.807, 2.05) is 6.20 Å². The Morgan fingerprint density at radius 2 is 2.00 bits per heavy atom. The minimum absolute atomic E-state index is 0.360. The minimum atomic E-state index is 0.360. The summed E-state index contributed by atoms with van der Waals surface area (Å²) in [5, 5.41) is 5.29. The van der Waals surface area contributed by atoms with Gasteiger partial charge in [-0.05, 0) is 25.5 Å². The van der Waals surface area contributed by atoms with Crippen molar-refractivity contribution < 1.29 is 0 Å². The number of rotatable bonds is 6. The summed E-state index contributed by atoms with van der Waals surface area (Å²) in [5.74, 6) is 0.360. The molecule has 1 aromatic carbocycles. The Labute approximate surface area is 145 Å². The fourth-order valence-corrected chi connectivity index (χ4v) is 2.13. The highest BCUT2D eigenvalue weighted by Gasteiger charge is 2.01. The molecule has 0 amide bonds. The summed E-state index contributed by atoms with van der Waals surface area (Å²) in [6.07, 6.45) is 8.36. The van der Waals surface area contributed by atoms with E-state index >= 15 is 0 Å². The molecule has 4 N–H and O–H groups in total. The Morgan fingerprint density at radius 3 is 2.71 bits per heavy atom. The second-order valence-corrected chi connectivity index (χ2v) is 5.84. The first-order valence-electron chi connectivity index (χ1n) is 8.79. The first-order chi connectivity index (χ1) is 11.6. The molecule has 24 heavy (non-hydrogen) atoms. The Morgan fingerprint density at radius 1 is 1.25 bits per heavy atom. The molecule has 1 aromatic heterocycles. The third-order valence-corrected chi connectivity index (χ3v) is 3.30. The molecule has 0 fully saturated rings. The van der Waals surface area contributed by atoms with Crippen LogP contribution >= 0.6 is 0 Å². The number of unbranched alkanes of at least 4 members (excludes halogenated alkanes) is 2. The minimum Gasteiger partial charge on any atom is -0.369 e. The number of fused-ring (bicyclic) bond motifs is 1. The number of aliphatic imine (C=N–C) groups is 1. The molecule has 0 unspecified atom stereocenters. The van der Waals surface area contributed by atoms with Crippen LogP contribution in [0.1, 0.15) is 57.6 Å². The summed E-state index contributed by atoms with van der Waals surface area (Å²) in [4.78, 5) is 7.44. The average molecular weight is 329 g/mol. The summed E-state index contributed by atoms with van der Waals surface area (Å²) < 4.78 is 0. The van der Waals surface area contributed by atoms with Gasteiger partial charge in [0.05, 0.1) is 6.21 Å². The van der Waals surface area contributed by atoms with Gasteiger partial charge in [-0.3, -0.25) is 4.99 Å². The summed E-state index contributed by atoms with van der Waals surface area (Å²) >= 11 is 0. The van der Waals surface area contributed by atoms with Crippen molar-refractivity contribution in [2.24, 2.45) is 15.8 Å². The van der Waals surface area contributed by atoms with E-state index in [0.717, 1.165) is 29.4 Å². The summed E-state index contributed by atoms with van der Waals surface area (Å²) in [7, 11) is 0. The van der Waals surface area contributed by atoms with Crippen molar-refractivity contribution in [1.82, 2.24) is 10.4 Å². The molecule has 1 heterocycles.